The van der Waals surface area contributed by atoms with Gasteiger partial charge in [-0.25, -0.2) is 9.46 Å². The maximum atomic E-state index is 11.8. The van der Waals surface area contributed by atoms with E-state index in [9.17, 15) is 19.6 Å². The highest BCUT2D eigenvalue weighted by Gasteiger charge is 2.52. The SMILES string of the molecule is O=C1NCNC2C1NCN2[C@@H]1O[C@H](COP(=O)(O)O)[C@@H](O)[C@H]1O. The number of hydrogen-bond acceptors (Lipinski definition) is 9. The van der Waals surface area contributed by atoms with Crippen molar-refractivity contribution >= 4 is 13.7 Å². The molecule has 0 bridgehead atoms. The second-order valence-electron chi connectivity index (χ2n) is 5.55. The van der Waals surface area contributed by atoms with Crippen molar-refractivity contribution in [2.24, 2.45) is 0 Å². The van der Waals surface area contributed by atoms with Crippen LogP contribution >= 0.6 is 7.82 Å². The Kier molecular flexibility index (Phi) is 4.73. The quantitative estimate of drug-likeness (QED) is 0.244. The molecule has 1 amide bonds. The zero-order chi connectivity index (χ0) is 16.8. The largest absolute Gasteiger partial charge is 0.469 e. The number of aliphatic hydroxyl groups excluding tert-OH is 2. The number of phosphoric acid groups is 1. The number of nitrogens with one attached hydrogen (secondary N) is 3. The number of rotatable bonds is 4. The summed E-state index contributed by atoms with van der Waals surface area (Å²) in [4.78, 5) is 30.8. The summed E-state index contributed by atoms with van der Waals surface area (Å²) in [7, 11) is -4.71. The number of carbonyl (C=O) groups is 1. The zero-order valence-electron chi connectivity index (χ0n) is 11.9. The second kappa shape index (κ2) is 6.33. The summed E-state index contributed by atoms with van der Waals surface area (Å²) in [5.41, 5.74) is 0. The van der Waals surface area contributed by atoms with Crippen LogP contribution in [0.25, 0.3) is 0 Å². The number of phosphoric ester groups is 1. The van der Waals surface area contributed by atoms with Gasteiger partial charge in [-0.05, 0) is 0 Å². The second-order valence-corrected chi connectivity index (χ2v) is 6.79. The first kappa shape index (κ1) is 17.2. The molecular formula is C10H19N4O8P. The first-order valence-electron chi connectivity index (χ1n) is 7.00. The summed E-state index contributed by atoms with van der Waals surface area (Å²) in [6.07, 6.45) is -5.16. The van der Waals surface area contributed by atoms with E-state index in [1.165, 1.54) is 0 Å². The van der Waals surface area contributed by atoms with Gasteiger partial charge in [0.05, 0.1) is 26.1 Å². The van der Waals surface area contributed by atoms with Gasteiger partial charge in [0, 0.05) is 0 Å². The van der Waals surface area contributed by atoms with E-state index in [1.54, 1.807) is 4.90 Å². The maximum absolute atomic E-state index is 11.8. The minimum Gasteiger partial charge on any atom is -0.387 e. The molecule has 0 aromatic heterocycles. The summed E-state index contributed by atoms with van der Waals surface area (Å²) < 4.78 is 20.6. The smallest absolute Gasteiger partial charge is 0.387 e. The maximum Gasteiger partial charge on any atom is 0.469 e. The molecule has 12 nitrogen and oxygen atoms in total. The van der Waals surface area contributed by atoms with Crippen molar-refractivity contribution in [3.05, 3.63) is 0 Å². The fourth-order valence-electron chi connectivity index (χ4n) is 2.99. The summed E-state index contributed by atoms with van der Waals surface area (Å²) in [5.74, 6) is -0.189. The van der Waals surface area contributed by atoms with E-state index in [0.717, 1.165) is 0 Å². The Morgan fingerprint density at radius 2 is 2.04 bits per heavy atom. The normalized spacial score (nSPS) is 41.8. The number of nitrogens with zero attached hydrogens (tertiary/aromatic N) is 1. The number of amides is 1. The van der Waals surface area contributed by atoms with Crippen molar-refractivity contribution in [3.63, 3.8) is 0 Å². The van der Waals surface area contributed by atoms with Crippen molar-refractivity contribution in [1.29, 1.82) is 0 Å². The molecule has 3 rings (SSSR count). The van der Waals surface area contributed by atoms with Gasteiger partial charge in [0.1, 0.15) is 30.6 Å². The number of aliphatic hydroxyl groups is 2. The molecule has 0 radical (unpaired) electrons. The minimum atomic E-state index is -4.71. The molecule has 23 heavy (non-hydrogen) atoms. The predicted octanol–water partition coefficient (Wildman–Crippen LogP) is -4.22. The number of fused-ring (bicyclic) bond motifs is 1. The van der Waals surface area contributed by atoms with Crippen molar-refractivity contribution < 1.29 is 38.6 Å². The van der Waals surface area contributed by atoms with Crippen molar-refractivity contribution in [2.45, 2.75) is 36.7 Å². The van der Waals surface area contributed by atoms with Crippen LogP contribution in [-0.2, 0) is 18.6 Å². The highest BCUT2D eigenvalue weighted by molar-refractivity contribution is 7.46. The van der Waals surface area contributed by atoms with Crippen LogP contribution < -0.4 is 16.0 Å². The average Bonchev–Trinajstić information content (AvgIpc) is 3.01. The highest BCUT2D eigenvalue weighted by Crippen LogP contribution is 2.37. The Morgan fingerprint density at radius 3 is 2.74 bits per heavy atom. The van der Waals surface area contributed by atoms with Gasteiger partial charge in [-0.3, -0.25) is 20.0 Å². The van der Waals surface area contributed by atoms with Crippen LogP contribution in [0.1, 0.15) is 0 Å². The van der Waals surface area contributed by atoms with Gasteiger partial charge >= 0.3 is 7.82 Å². The van der Waals surface area contributed by atoms with E-state index in [-0.39, 0.29) is 19.2 Å². The monoisotopic (exact) mass is 354 g/mol. The fraction of sp³-hybridized carbons (Fsp3) is 0.900. The molecule has 0 saturated carbocycles. The van der Waals surface area contributed by atoms with Crippen LogP contribution in [-0.4, -0.2) is 87.5 Å². The van der Waals surface area contributed by atoms with Gasteiger partial charge in [-0.1, -0.05) is 0 Å². The number of carbonyl (C=O) groups excluding carboxylic acids is 1. The van der Waals surface area contributed by atoms with Crippen LogP contribution in [0.3, 0.4) is 0 Å². The number of ether oxygens (including phenoxy) is 1. The van der Waals surface area contributed by atoms with E-state index in [0.29, 0.717) is 0 Å². The summed E-state index contributed by atoms with van der Waals surface area (Å²) >= 11 is 0. The molecule has 3 heterocycles. The van der Waals surface area contributed by atoms with Crippen LogP contribution in [0, 0.1) is 0 Å². The van der Waals surface area contributed by atoms with Gasteiger partial charge < -0.3 is 30.1 Å². The van der Waals surface area contributed by atoms with Crippen molar-refractivity contribution in [2.75, 3.05) is 19.9 Å². The zero-order valence-corrected chi connectivity index (χ0v) is 12.8. The Balaban J connectivity index is 1.66. The van der Waals surface area contributed by atoms with Gasteiger partial charge in [0.25, 0.3) is 0 Å². The fourth-order valence-corrected chi connectivity index (χ4v) is 3.33. The third kappa shape index (κ3) is 3.42. The molecule has 3 saturated heterocycles. The summed E-state index contributed by atoms with van der Waals surface area (Å²) in [6.45, 7) is -0.0765. The third-order valence-corrected chi connectivity index (χ3v) is 4.58. The van der Waals surface area contributed by atoms with Crippen LogP contribution in [0.2, 0.25) is 0 Å². The lowest BCUT2D eigenvalue weighted by Crippen LogP contribution is -2.64. The van der Waals surface area contributed by atoms with Gasteiger partial charge in [0.15, 0.2) is 0 Å². The van der Waals surface area contributed by atoms with Gasteiger partial charge in [-0.2, -0.15) is 0 Å². The Morgan fingerprint density at radius 1 is 1.30 bits per heavy atom. The van der Waals surface area contributed by atoms with Crippen LogP contribution in [0.15, 0.2) is 0 Å². The van der Waals surface area contributed by atoms with E-state index < -0.39 is 51.2 Å². The standard InChI is InChI=1S/C10H19N4O8P/c15-6-4(1-21-23(18,19)20)22-10(7(6)16)14-3-13-5-8(14)11-2-12-9(5)17/h4-8,10-11,13,15-16H,1-3H2,(H,12,17)(H2,18,19,20)/t4-,5?,6-,7-,8?,10-/m1/s1. The van der Waals surface area contributed by atoms with E-state index in [1.807, 2.05) is 0 Å². The van der Waals surface area contributed by atoms with Gasteiger partial charge in [-0.15, -0.1) is 0 Å². The molecule has 0 aromatic rings. The minimum absolute atomic E-state index is 0.189. The van der Waals surface area contributed by atoms with Gasteiger partial charge in [0.2, 0.25) is 5.91 Å². The highest BCUT2D eigenvalue weighted by atomic mass is 31.2. The molecule has 0 aliphatic carbocycles. The Hall–Kier alpha value is -0.660. The number of hydrogen-bond donors (Lipinski definition) is 7. The molecule has 7 N–H and O–H groups in total. The molecular weight excluding hydrogens is 335 g/mol. The molecule has 0 aromatic carbocycles. The van der Waals surface area contributed by atoms with Crippen molar-refractivity contribution in [1.82, 2.24) is 20.9 Å². The lowest BCUT2D eigenvalue weighted by atomic mass is 10.1. The molecule has 13 heteroatoms. The van der Waals surface area contributed by atoms with E-state index in [4.69, 9.17) is 14.5 Å². The lowest BCUT2D eigenvalue weighted by molar-refractivity contribution is -0.130. The molecule has 3 aliphatic heterocycles. The van der Waals surface area contributed by atoms with Crippen LogP contribution in [0.5, 0.6) is 0 Å². The molecule has 6 atom stereocenters. The predicted molar refractivity (Wildman–Crippen MR) is 72.2 cm³/mol. The van der Waals surface area contributed by atoms with Crippen molar-refractivity contribution in [3.8, 4) is 0 Å². The Bertz CT molecular complexity index is 517. The van der Waals surface area contributed by atoms with E-state index in [2.05, 4.69) is 20.5 Å². The molecule has 0 spiro atoms. The Labute approximate surface area is 131 Å². The molecule has 132 valence electrons. The average molecular weight is 354 g/mol. The van der Waals surface area contributed by atoms with Crippen LogP contribution in [0.4, 0.5) is 0 Å². The summed E-state index contributed by atoms with van der Waals surface area (Å²) in [5, 5.41) is 28.8. The lowest BCUT2D eigenvalue weighted by Gasteiger charge is -2.35. The summed E-state index contributed by atoms with van der Waals surface area (Å²) in [6, 6.07) is -0.526. The third-order valence-electron chi connectivity index (χ3n) is 4.09. The first-order chi connectivity index (χ1) is 10.8. The topological polar surface area (TPSA) is 173 Å². The molecule has 3 fully saturated rings. The van der Waals surface area contributed by atoms with E-state index >= 15 is 0 Å². The molecule has 3 aliphatic rings. The molecule has 2 unspecified atom stereocenters. The first-order valence-corrected chi connectivity index (χ1v) is 8.53.